The average molecular weight is 513 g/mol. The summed E-state index contributed by atoms with van der Waals surface area (Å²) in [6, 6.07) is 12.7. The molecule has 0 aliphatic carbocycles. The topological polar surface area (TPSA) is 114 Å². The molecule has 0 amide bonds. The minimum absolute atomic E-state index is 0. The summed E-state index contributed by atoms with van der Waals surface area (Å²) in [5, 5.41) is 15.6. The van der Waals surface area contributed by atoms with Gasteiger partial charge in [0.2, 0.25) is 11.7 Å². The van der Waals surface area contributed by atoms with Crippen LogP contribution >= 0.6 is 17.0 Å². The summed E-state index contributed by atoms with van der Waals surface area (Å²) in [5.74, 6) is 0.235. The maximum absolute atomic E-state index is 11.6. The summed E-state index contributed by atoms with van der Waals surface area (Å²) in [4.78, 5) is 15.0. The van der Waals surface area contributed by atoms with Crippen LogP contribution in [-0.2, 0) is 7.05 Å². The van der Waals surface area contributed by atoms with Gasteiger partial charge in [-0.3, -0.25) is 4.99 Å². The number of nitrogens with two attached hydrogens (primary N) is 1. The Morgan fingerprint density at radius 3 is 2.57 bits per heavy atom. The number of guanidine groups is 1. The number of nitrogens with one attached hydrogen (secondary N) is 1. The van der Waals surface area contributed by atoms with Gasteiger partial charge in [-0.05, 0) is 28.7 Å². The molecule has 3 N–H and O–H groups in total. The number of aromatic nitrogens is 2. The normalized spacial score (nSPS) is 11.1. The number of imidazole rings is 1. The highest BCUT2D eigenvalue weighted by Crippen LogP contribution is 2.28. The molecule has 2 heterocycles. The fourth-order valence-electron chi connectivity index (χ4n) is 2.71. The standard InChI is InChI=1S/C17H18N7O2.2BrH/c1-19-17(18)21-20-11-12-6-8-13(9-7-12)15-16(24(25)26)23-10-4-3-5-14(23)22(15)2;;/h3-11H,1-2H3,(H3,18,19,21);2*1H/q+1;;/p-1/b20-11+;;. The van der Waals surface area contributed by atoms with Gasteiger partial charge in [0.05, 0.1) is 13.3 Å². The number of aliphatic imine (C=N–C) groups is 1. The van der Waals surface area contributed by atoms with E-state index in [1.165, 1.54) is 0 Å². The Morgan fingerprint density at radius 2 is 1.96 bits per heavy atom. The van der Waals surface area contributed by atoms with Gasteiger partial charge in [-0.25, -0.2) is 9.99 Å². The molecule has 0 fully saturated rings. The molecule has 0 unspecified atom stereocenters. The molecule has 0 aliphatic heterocycles. The molecule has 0 saturated carbocycles. The predicted octanol–water partition coefficient (Wildman–Crippen LogP) is -1.21. The highest BCUT2D eigenvalue weighted by molar-refractivity contribution is 8.93. The van der Waals surface area contributed by atoms with E-state index in [1.807, 2.05) is 43.4 Å². The van der Waals surface area contributed by atoms with Crippen molar-refractivity contribution in [1.82, 2.24) is 9.83 Å². The van der Waals surface area contributed by atoms with Gasteiger partial charge in [0.15, 0.2) is 0 Å². The fraction of sp³-hybridized carbons (Fsp3) is 0.118. The number of aryl methyl sites for hydroxylation is 1. The summed E-state index contributed by atoms with van der Waals surface area (Å²) in [6.07, 6.45) is 3.27. The van der Waals surface area contributed by atoms with E-state index in [9.17, 15) is 10.1 Å². The van der Waals surface area contributed by atoms with Crippen LogP contribution in [0.15, 0.2) is 58.8 Å². The average Bonchev–Trinajstić information content (AvgIpc) is 2.95. The van der Waals surface area contributed by atoms with Crippen LogP contribution in [0.1, 0.15) is 5.56 Å². The number of fused-ring (bicyclic) bond motifs is 1. The van der Waals surface area contributed by atoms with Crippen LogP contribution in [0.2, 0.25) is 0 Å². The quantitative estimate of drug-likeness (QED) is 0.150. The maximum atomic E-state index is 11.6. The Labute approximate surface area is 182 Å². The molecule has 9 nitrogen and oxygen atoms in total. The van der Waals surface area contributed by atoms with E-state index in [0.717, 1.165) is 16.8 Å². The molecule has 0 bridgehead atoms. The van der Waals surface area contributed by atoms with Gasteiger partial charge in [-0.1, -0.05) is 18.2 Å². The van der Waals surface area contributed by atoms with Crippen molar-refractivity contribution in [2.75, 3.05) is 7.05 Å². The lowest BCUT2D eigenvalue weighted by Crippen LogP contribution is -3.00. The van der Waals surface area contributed by atoms with Crippen LogP contribution in [0.3, 0.4) is 0 Å². The second-order valence-electron chi connectivity index (χ2n) is 5.52. The van der Waals surface area contributed by atoms with Crippen LogP contribution in [0.5, 0.6) is 0 Å². The van der Waals surface area contributed by atoms with Crippen LogP contribution in [-0.4, -0.2) is 28.5 Å². The number of rotatable bonds is 4. The summed E-state index contributed by atoms with van der Waals surface area (Å²) in [5.41, 5.74) is 10.9. The van der Waals surface area contributed by atoms with E-state index >= 15 is 0 Å². The van der Waals surface area contributed by atoms with E-state index in [4.69, 9.17) is 5.73 Å². The van der Waals surface area contributed by atoms with Crippen molar-refractivity contribution in [2.24, 2.45) is 22.9 Å². The van der Waals surface area contributed by atoms with Crippen molar-refractivity contribution in [2.45, 2.75) is 0 Å². The third-order valence-corrected chi connectivity index (χ3v) is 3.95. The zero-order valence-corrected chi connectivity index (χ0v) is 18.4. The molecule has 3 rings (SSSR count). The molecular weight excluding hydrogens is 494 g/mol. The Balaban J connectivity index is 0.00000196. The van der Waals surface area contributed by atoms with Gasteiger partial charge in [0.1, 0.15) is 6.20 Å². The van der Waals surface area contributed by atoms with E-state index in [1.54, 1.807) is 34.5 Å². The van der Waals surface area contributed by atoms with Gasteiger partial charge < -0.3 is 32.8 Å². The summed E-state index contributed by atoms with van der Waals surface area (Å²) >= 11 is 0. The zero-order chi connectivity index (χ0) is 18.7. The molecule has 148 valence electrons. The van der Waals surface area contributed by atoms with Gasteiger partial charge in [-0.15, -0.1) is 17.0 Å². The van der Waals surface area contributed by atoms with Crippen LogP contribution < -0.4 is 32.7 Å². The van der Waals surface area contributed by atoms with Crippen molar-refractivity contribution in [1.29, 1.82) is 0 Å². The first-order valence-corrected chi connectivity index (χ1v) is 7.78. The Kier molecular flexibility index (Phi) is 8.26. The van der Waals surface area contributed by atoms with Crippen molar-refractivity contribution in [3.05, 3.63) is 64.3 Å². The van der Waals surface area contributed by atoms with E-state index in [-0.39, 0.29) is 50.7 Å². The number of nitro groups is 1. The minimum Gasteiger partial charge on any atom is -1.00 e. The molecule has 0 radical (unpaired) electrons. The number of halogens is 2. The maximum Gasteiger partial charge on any atom is 0.378 e. The number of benzene rings is 1. The molecule has 11 heteroatoms. The second-order valence-corrected chi connectivity index (χ2v) is 5.52. The van der Waals surface area contributed by atoms with Gasteiger partial charge in [0.25, 0.3) is 5.65 Å². The van der Waals surface area contributed by atoms with E-state index in [0.29, 0.717) is 5.69 Å². The third-order valence-electron chi connectivity index (χ3n) is 3.95. The van der Waals surface area contributed by atoms with Crippen molar-refractivity contribution < 1.29 is 26.5 Å². The van der Waals surface area contributed by atoms with Crippen LogP contribution in [0.4, 0.5) is 5.82 Å². The highest BCUT2D eigenvalue weighted by atomic mass is 79.9. The molecule has 28 heavy (non-hydrogen) atoms. The largest absolute Gasteiger partial charge is 1.00 e. The van der Waals surface area contributed by atoms with Crippen LogP contribution in [0, 0.1) is 10.1 Å². The minimum atomic E-state index is -0.367. The number of nitrogens with zero attached hydrogens (tertiary/aromatic N) is 5. The molecule has 0 aliphatic rings. The first-order chi connectivity index (χ1) is 12.5. The molecule has 0 atom stereocenters. The van der Waals surface area contributed by atoms with E-state index < -0.39 is 0 Å². The molecule has 3 aromatic rings. The fourth-order valence-corrected chi connectivity index (χ4v) is 2.71. The zero-order valence-electron chi connectivity index (χ0n) is 15.1. The summed E-state index contributed by atoms with van der Waals surface area (Å²) in [6.45, 7) is 0. The Hall–Kier alpha value is -2.79. The molecule has 0 spiro atoms. The smallest absolute Gasteiger partial charge is 0.378 e. The summed E-state index contributed by atoms with van der Waals surface area (Å²) < 4.78 is 3.38. The number of hydrazone groups is 1. The van der Waals surface area contributed by atoms with Crippen molar-refractivity contribution >= 4 is 40.6 Å². The van der Waals surface area contributed by atoms with Crippen molar-refractivity contribution in [3.8, 4) is 11.3 Å². The first kappa shape index (κ1) is 23.2. The summed E-state index contributed by atoms with van der Waals surface area (Å²) in [7, 11) is 3.37. The highest BCUT2D eigenvalue weighted by Gasteiger charge is 2.29. The van der Waals surface area contributed by atoms with Gasteiger partial charge in [0, 0.05) is 18.7 Å². The van der Waals surface area contributed by atoms with Gasteiger partial charge >= 0.3 is 5.82 Å². The van der Waals surface area contributed by atoms with Gasteiger partial charge in [-0.2, -0.15) is 9.50 Å². The Morgan fingerprint density at radius 1 is 1.29 bits per heavy atom. The Bertz CT molecular complexity index is 1030. The van der Waals surface area contributed by atoms with Crippen molar-refractivity contribution in [3.63, 3.8) is 0 Å². The lowest BCUT2D eigenvalue weighted by Gasteiger charge is -2.01. The molecule has 1 aromatic carbocycles. The van der Waals surface area contributed by atoms with Crippen LogP contribution in [0.25, 0.3) is 16.9 Å². The first-order valence-electron chi connectivity index (χ1n) is 7.78. The second kappa shape index (κ2) is 9.95. The lowest BCUT2D eigenvalue weighted by molar-refractivity contribution is -0.634. The SMILES string of the molecule is Br.CN=C(N)N/N=C/c1ccc(-c2c([N+](=O)[O-])n3ccccc3[n+]2C)cc1.[Br-]. The predicted molar refractivity (Wildman–Crippen MR) is 109 cm³/mol. The monoisotopic (exact) mass is 511 g/mol. The number of hydrogen-bond acceptors (Lipinski definition) is 4. The molecule has 0 saturated heterocycles. The number of pyridine rings is 1. The molecule has 2 aromatic heterocycles. The number of hydrogen-bond donors (Lipinski definition) is 2. The third kappa shape index (κ3) is 4.54. The van der Waals surface area contributed by atoms with E-state index in [2.05, 4.69) is 15.5 Å². The molecular formula is C17H19Br2N7O2. The lowest BCUT2D eigenvalue weighted by atomic mass is 10.1.